The zero-order valence-corrected chi connectivity index (χ0v) is 16.8. The summed E-state index contributed by atoms with van der Waals surface area (Å²) < 4.78 is 5.82. The predicted molar refractivity (Wildman–Crippen MR) is 112 cm³/mol. The van der Waals surface area contributed by atoms with Gasteiger partial charge in [-0.1, -0.05) is 36.4 Å². The van der Waals surface area contributed by atoms with Crippen molar-refractivity contribution in [2.75, 3.05) is 13.2 Å². The van der Waals surface area contributed by atoms with E-state index in [4.69, 9.17) is 4.42 Å². The Hall–Kier alpha value is -3.12. The van der Waals surface area contributed by atoms with Crippen LogP contribution < -0.4 is 10.6 Å². The van der Waals surface area contributed by atoms with Crippen LogP contribution in [0.3, 0.4) is 0 Å². The van der Waals surface area contributed by atoms with E-state index in [9.17, 15) is 14.7 Å². The average molecular weight is 404 g/mol. The van der Waals surface area contributed by atoms with Crippen molar-refractivity contribution < 1.29 is 19.1 Å². The van der Waals surface area contributed by atoms with E-state index in [1.54, 1.807) is 6.92 Å². The lowest BCUT2D eigenvalue weighted by molar-refractivity contribution is -0.125. The third-order valence-corrected chi connectivity index (χ3v) is 6.46. The largest absolute Gasteiger partial charge is 0.461 e. The van der Waals surface area contributed by atoms with Crippen molar-refractivity contribution in [3.63, 3.8) is 0 Å². The minimum Gasteiger partial charge on any atom is -0.461 e. The van der Waals surface area contributed by atoms with Crippen LogP contribution in [0.5, 0.6) is 0 Å². The third-order valence-electron chi connectivity index (χ3n) is 6.46. The van der Waals surface area contributed by atoms with Crippen LogP contribution in [0.1, 0.15) is 51.9 Å². The Morgan fingerprint density at radius 2 is 1.97 bits per heavy atom. The average Bonchev–Trinajstić information content (AvgIpc) is 3.38. The number of aryl methyl sites for hydroxylation is 1. The topological polar surface area (TPSA) is 91.6 Å². The number of nitrogens with one attached hydrogen (secondary N) is 2. The van der Waals surface area contributed by atoms with Gasteiger partial charge in [0.2, 0.25) is 5.91 Å². The number of hydrogen-bond donors (Lipinski definition) is 3. The molecule has 6 heteroatoms. The molecule has 1 saturated heterocycles. The summed E-state index contributed by atoms with van der Waals surface area (Å²) in [5.41, 5.74) is 2.31. The van der Waals surface area contributed by atoms with Gasteiger partial charge < -0.3 is 20.2 Å². The second-order valence-corrected chi connectivity index (χ2v) is 8.35. The number of carbonyl (C=O) groups is 2. The van der Waals surface area contributed by atoms with Gasteiger partial charge in [-0.05, 0) is 54.9 Å². The number of aliphatic hydroxyl groups is 1. The minimum atomic E-state index is -1.28. The molecule has 0 spiro atoms. The van der Waals surface area contributed by atoms with Gasteiger partial charge in [-0.15, -0.1) is 0 Å². The Bertz CT molecular complexity index is 1140. The van der Waals surface area contributed by atoms with E-state index >= 15 is 0 Å². The smallest absolute Gasteiger partial charge is 0.256 e. The lowest BCUT2D eigenvalue weighted by Gasteiger charge is -2.24. The predicted octanol–water partition coefficient (Wildman–Crippen LogP) is 2.99. The van der Waals surface area contributed by atoms with E-state index in [-0.39, 0.29) is 5.91 Å². The van der Waals surface area contributed by atoms with Gasteiger partial charge in [-0.2, -0.15) is 0 Å². The van der Waals surface area contributed by atoms with Gasteiger partial charge in [0.05, 0.1) is 12.2 Å². The van der Waals surface area contributed by atoms with Crippen LogP contribution in [0.15, 0.2) is 52.9 Å². The highest BCUT2D eigenvalue weighted by Crippen LogP contribution is 2.55. The molecule has 154 valence electrons. The van der Waals surface area contributed by atoms with Crippen molar-refractivity contribution in [2.24, 2.45) is 0 Å². The lowest BCUT2D eigenvalue weighted by atomic mass is 9.97. The second kappa shape index (κ2) is 6.99. The van der Waals surface area contributed by atoms with E-state index < -0.39 is 18.1 Å². The first-order chi connectivity index (χ1) is 14.5. The van der Waals surface area contributed by atoms with Crippen LogP contribution in [-0.4, -0.2) is 35.6 Å². The number of fused-ring (bicyclic) bond motifs is 1. The molecular weight excluding hydrogens is 380 g/mol. The van der Waals surface area contributed by atoms with E-state index in [1.807, 2.05) is 18.2 Å². The Kier molecular flexibility index (Phi) is 4.40. The zero-order valence-electron chi connectivity index (χ0n) is 16.8. The van der Waals surface area contributed by atoms with E-state index in [0.717, 1.165) is 11.8 Å². The molecule has 1 saturated carbocycles. The highest BCUT2D eigenvalue weighted by atomic mass is 16.3. The fourth-order valence-corrected chi connectivity index (χ4v) is 4.64. The molecule has 5 rings (SSSR count). The Morgan fingerprint density at radius 1 is 1.20 bits per heavy atom. The van der Waals surface area contributed by atoms with Crippen molar-refractivity contribution in [2.45, 2.75) is 37.1 Å². The number of rotatable bonds is 5. The van der Waals surface area contributed by atoms with Gasteiger partial charge in [0.15, 0.2) is 0 Å². The van der Waals surface area contributed by atoms with Crippen molar-refractivity contribution in [3.8, 4) is 0 Å². The van der Waals surface area contributed by atoms with Gasteiger partial charge in [-0.25, -0.2) is 0 Å². The maximum atomic E-state index is 13.1. The van der Waals surface area contributed by atoms with Crippen LogP contribution in [-0.2, 0) is 4.79 Å². The van der Waals surface area contributed by atoms with Crippen LogP contribution >= 0.6 is 0 Å². The zero-order chi connectivity index (χ0) is 20.9. The number of furan rings is 1. The molecule has 0 radical (unpaired) electrons. The standard InChI is InChI=1S/C24H24N2O4/c1-14-21(22(28)26-24(13-27)9-10-25-23(24)29)19-11-16(7-8-20(19)30-14)18-12-17(18)15-5-3-2-4-6-15/h2-8,11,17-18,27H,9-10,12-13H2,1H3,(H,25,29)(H,26,28)/t17-,18-,24?/m0/s1. The maximum Gasteiger partial charge on any atom is 0.256 e. The molecule has 3 N–H and O–H groups in total. The Morgan fingerprint density at radius 3 is 2.67 bits per heavy atom. The fraction of sp³-hybridized carbons (Fsp3) is 0.333. The highest BCUT2D eigenvalue weighted by Gasteiger charge is 2.44. The molecule has 2 aromatic carbocycles. The Labute approximate surface area is 174 Å². The summed E-state index contributed by atoms with van der Waals surface area (Å²) in [6.07, 6.45) is 1.44. The summed E-state index contributed by atoms with van der Waals surface area (Å²) in [4.78, 5) is 25.3. The molecule has 3 atom stereocenters. The van der Waals surface area contributed by atoms with Gasteiger partial charge in [0, 0.05) is 11.9 Å². The molecule has 1 unspecified atom stereocenters. The van der Waals surface area contributed by atoms with Crippen molar-refractivity contribution >= 4 is 22.8 Å². The van der Waals surface area contributed by atoms with Crippen LogP contribution in [0, 0.1) is 6.92 Å². The molecular formula is C24H24N2O4. The molecule has 30 heavy (non-hydrogen) atoms. The van der Waals surface area contributed by atoms with Gasteiger partial charge >= 0.3 is 0 Å². The molecule has 3 aromatic rings. The van der Waals surface area contributed by atoms with Gasteiger partial charge in [0.25, 0.3) is 5.91 Å². The van der Waals surface area contributed by atoms with Crippen LogP contribution in [0.2, 0.25) is 0 Å². The summed E-state index contributed by atoms with van der Waals surface area (Å²) in [5, 5.41) is 16.0. The normalized spacial score (nSPS) is 25.3. The molecule has 6 nitrogen and oxygen atoms in total. The number of aliphatic hydroxyl groups excluding tert-OH is 1. The quantitative estimate of drug-likeness (QED) is 0.610. The van der Waals surface area contributed by atoms with Crippen molar-refractivity contribution in [3.05, 3.63) is 71.0 Å². The second-order valence-electron chi connectivity index (χ2n) is 8.35. The molecule has 2 fully saturated rings. The first-order valence-corrected chi connectivity index (χ1v) is 10.3. The first-order valence-electron chi connectivity index (χ1n) is 10.3. The fourth-order valence-electron chi connectivity index (χ4n) is 4.64. The minimum absolute atomic E-state index is 0.354. The molecule has 2 amide bonds. The van der Waals surface area contributed by atoms with E-state index in [2.05, 4.69) is 41.0 Å². The van der Waals surface area contributed by atoms with Crippen LogP contribution in [0.4, 0.5) is 0 Å². The summed E-state index contributed by atoms with van der Waals surface area (Å²) in [6.45, 7) is 1.74. The molecule has 2 aliphatic rings. The molecule has 1 aliphatic carbocycles. The highest BCUT2D eigenvalue weighted by molar-refractivity contribution is 6.09. The maximum absolute atomic E-state index is 13.1. The lowest BCUT2D eigenvalue weighted by Crippen LogP contribution is -2.56. The van der Waals surface area contributed by atoms with Gasteiger partial charge in [0.1, 0.15) is 16.9 Å². The molecule has 1 aliphatic heterocycles. The summed E-state index contributed by atoms with van der Waals surface area (Å²) in [6, 6.07) is 16.5. The van der Waals surface area contributed by atoms with E-state index in [0.29, 0.717) is 41.7 Å². The SMILES string of the molecule is Cc1oc2ccc([C@@H]3C[C@H]3c3ccccc3)cc2c1C(=O)NC1(CO)CCNC1=O. The number of amides is 2. The monoisotopic (exact) mass is 404 g/mol. The number of benzene rings is 2. The van der Waals surface area contributed by atoms with E-state index in [1.165, 1.54) is 11.1 Å². The van der Waals surface area contributed by atoms with Crippen molar-refractivity contribution in [1.29, 1.82) is 0 Å². The summed E-state index contributed by atoms with van der Waals surface area (Å²) >= 11 is 0. The van der Waals surface area contributed by atoms with Gasteiger partial charge in [-0.3, -0.25) is 9.59 Å². The molecule has 2 heterocycles. The Balaban J connectivity index is 1.46. The molecule has 1 aromatic heterocycles. The summed E-state index contributed by atoms with van der Waals surface area (Å²) in [7, 11) is 0. The number of hydrogen-bond acceptors (Lipinski definition) is 4. The summed E-state index contributed by atoms with van der Waals surface area (Å²) in [5.74, 6) is 0.667. The third kappa shape index (κ3) is 2.99. The van der Waals surface area contributed by atoms with Crippen molar-refractivity contribution in [1.82, 2.24) is 10.6 Å². The molecule has 0 bridgehead atoms. The first kappa shape index (κ1) is 18.9. The number of carbonyl (C=O) groups excluding carboxylic acids is 2. The van der Waals surface area contributed by atoms with Crippen LogP contribution in [0.25, 0.3) is 11.0 Å².